The highest BCUT2D eigenvalue weighted by Gasteiger charge is 2.43. The van der Waals surface area contributed by atoms with E-state index in [0.717, 1.165) is 16.7 Å². The molecule has 0 spiro atoms. The number of aliphatic hydroxyl groups is 1. The largest absolute Gasteiger partial charge is 0.383 e. The molecule has 0 amide bonds. The van der Waals surface area contributed by atoms with Crippen LogP contribution in [0.15, 0.2) is 67.1 Å². The van der Waals surface area contributed by atoms with Crippen LogP contribution in [-0.2, 0) is 17.4 Å². The van der Waals surface area contributed by atoms with Crippen molar-refractivity contribution in [2.45, 2.75) is 59.0 Å². The van der Waals surface area contributed by atoms with E-state index in [-0.39, 0.29) is 10.8 Å². The lowest BCUT2D eigenvalue weighted by molar-refractivity contribution is -0.0675. The van der Waals surface area contributed by atoms with Crippen molar-refractivity contribution in [1.82, 2.24) is 9.97 Å². The fraction of sp³-hybridized carbons (Fsp3) is 0.385. The van der Waals surface area contributed by atoms with Gasteiger partial charge in [0, 0.05) is 30.6 Å². The first-order valence-corrected chi connectivity index (χ1v) is 10.2. The van der Waals surface area contributed by atoms with Gasteiger partial charge in [-0.25, -0.2) is 0 Å². The molecule has 29 heavy (non-hydrogen) atoms. The van der Waals surface area contributed by atoms with Crippen molar-refractivity contribution in [3.63, 3.8) is 0 Å². The Morgan fingerprint density at radius 3 is 1.93 bits per heavy atom. The lowest BCUT2D eigenvalue weighted by Crippen LogP contribution is -2.42. The lowest BCUT2D eigenvalue weighted by atomic mass is 9.71. The normalized spacial score (nSPS) is 14.4. The van der Waals surface area contributed by atoms with Gasteiger partial charge in [0.25, 0.3) is 0 Å². The molecule has 0 aliphatic heterocycles. The number of aromatic nitrogens is 2. The summed E-state index contributed by atoms with van der Waals surface area (Å²) in [7, 11) is 0. The summed E-state index contributed by atoms with van der Waals surface area (Å²) in [5.41, 5.74) is 3.82. The van der Waals surface area contributed by atoms with Crippen LogP contribution in [-0.4, -0.2) is 15.1 Å². The van der Waals surface area contributed by atoms with Gasteiger partial charge in [-0.3, -0.25) is 9.97 Å². The maximum atomic E-state index is 11.7. The zero-order chi connectivity index (χ0) is 21.3. The van der Waals surface area contributed by atoms with Crippen molar-refractivity contribution in [1.29, 1.82) is 0 Å². The highest BCUT2D eigenvalue weighted by molar-refractivity contribution is 5.63. The van der Waals surface area contributed by atoms with E-state index in [4.69, 9.17) is 4.98 Å². The van der Waals surface area contributed by atoms with Crippen molar-refractivity contribution < 1.29 is 5.11 Å². The van der Waals surface area contributed by atoms with E-state index in [1.807, 2.05) is 57.4 Å². The highest BCUT2D eigenvalue weighted by atomic mass is 16.3. The lowest BCUT2D eigenvalue weighted by Gasteiger charge is -2.40. The van der Waals surface area contributed by atoms with Crippen LogP contribution in [0.1, 0.15) is 58.4 Å². The third kappa shape index (κ3) is 4.56. The van der Waals surface area contributed by atoms with E-state index in [0.29, 0.717) is 12.1 Å². The van der Waals surface area contributed by atoms with Crippen LogP contribution in [0.25, 0.3) is 11.1 Å². The summed E-state index contributed by atoms with van der Waals surface area (Å²) in [6.07, 6.45) is 5.89. The van der Waals surface area contributed by atoms with Gasteiger partial charge in [0.05, 0.1) is 5.69 Å². The summed E-state index contributed by atoms with van der Waals surface area (Å²) in [4.78, 5) is 8.88. The second-order valence-electron chi connectivity index (χ2n) is 9.91. The molecule has 0 bridgehead atoms. The number of hydrogen-bond donors (Lipinski definition) is 1. The molecule has 1 N–H and O–H groups in total. The number of benzene rings is 1. The summed E-state index contributed by atoms with van der Waals surface area (Å²) in [6, 6.07) is 16.5. The van der Waals surface area contributed by atoms with Crippen LogP contribution < -0.4 is 0 Å². The van der Waals surface area contributed by atoms with E-state index >= 15 is 0 Å². The Labute approximate surface area is 174 Å². The second kappa shape index (κ2) is 7.72. The molecule has 0 aliphatic rings. The number of nitrogens with zero attached hydrogens (tertiary/aromatic N) is 2. The predicted molar refractivity (Wildman–Crippen MR) is 120 cm³/mol. The first-order chi connectivity index (χ1) is 13.5. The van der Waals surface area contributed by atoms with Crippen LogP contribution >= 0.6 is 0 Å². The molecule has 1 unspecified atom stereocenters. The smallest absolute Gasteiger partial charge is 0.115 e. The Hall–Kier alpha value is -2.52. The Morgan fingerprint density at radius 1 is 0.793 bits per heavy atom. The molecular formula is C26H32N2O. The van der Waals surface area contributed by atoms with E-state index in [2.05, 4.69) is 50.0 Å². The van der Waals surface area contributed by atoms with Gasteiger partial charge >= 0.3 is 0 Å². The minimum absolute atomic E-state index is 0.135. The fourth-order valence-electron chi connectivity index (χ4n) is 3.51. The summed E-state index contributed by atoms with van der Waals surface area (Å²) in [5, 5.41) is 11.7. The summed E-state index contributed by atoms with van der Waals surface area (Å²) in [5.74, 6) is 0. The van der Waals surface area contributed by atoms with Gasteiger partial charge in [0.2, 0.25) is 0 Å². The van der Waals surface area contributed by atoms with Crippen molar-refractivity contribution in [3.8, 4) is 11.1 Å². The average Bonchev–Trinajstić information content (AvgIpc) is 2.67. The van der Waals surface area contributed by atoms with Crippen molar-refractivity contribution >= 4 is 0 Å². The van der Waals surface area contributed by atoms with Crippen molar-refractivity contribution in [2.24, 2.45) is 5.41 Å². The molecule has 2 aromatic heterocycles. The molecule has 152 valence electrons. The molecule has 0 radical (unpaired) electrons. The van der Waals surface area contributed by atoms with E-state index in [1.165, 1.54) is 5.56 Å². The number of pyridine rings is 2. The maximum absolute atomic E-state index is 11.7. The highest BCUT2D eigenvalue weighted by Crippen LogP contribution is 2.41. The minimum atomic E-state index is -1.09. The Balaban J connectivity index is 1.92. The van der Waals surface area contributed by atoms with Crippen molar-refractivity contribution in [3.05, 3.63) is 83.9 Å². The van der Waals surface area contributed by atoms with Crippen LogP contribution in [0, 0.1) is 5.41 Å². The van der Waals surface area contributed by atoms with Gasteiger partial charge < -0.3 is 5.11 Å². The average molecular weight is 389 g/mol. The summed E-state index contributed by atoms with van der Waals surface area (Å²) in [6.45, 7) is 12.8. The second-order valence-corrected chi connectivity index (χ2v) is 9.91. The van der Waals surface area contributed by atoms with Gasteiger partial charge in [-0.15, -0.1) is 0 Å². The monoisotopic (exact) mass is 388 g/mol. The third-order valence-electron chi connectivity index (χ3n) is 5.69. The zero-order valence-electron chi connectivity index (χ0n) is 18.4. The molecule has 3 aromatic rings. The van der Waals surface area contributed by atoms with Crippen LogP contribution in [0.3, 0.4) is 0 Å². The molecule has 3 nitrogen and oxygen atoms in total. The molecule has 0 aliphatic carbocycles. The van der Waals surface area contributed by atoms with Crippen LogP contribution in [0.5, 0.6) is 0 Å². The zero-order valence-corrected chi connectivity index (χ0v) is 18.4. The molecular weight excluding hydrogens is 356 g/mol. The summed E-state index contributed by atoms with van der Waals surface area (Å²) >= 11 is 0. The van der Waals surface area contributed by atoms with E-state index in [9.17, 15) is 5.11 Å². The van der Waals surface area contributed by atoms with Crippen molar-refractivity contribution in [2.75, 3.05) is 0 Å². The quantitative estimate of drug-likeness (QED) is 0.603. The first-order valence-electron chi connectivity index (χ1n) is 10.2. The molecule has 2 heterocycles. The molecule has 0 fully saturated rings. The van der Waals surface area contributed by atoms with Gasteiger partial charge in [0.15, 0.2) is 0 Å². The van der Waals surface area contributed by atoms with Gasteiger partial charge in [0.1, 0.15) is 5.60 Å². The number of rotatable bonds is 4. The maximum Gasteiger partial charge on any atom is 0.115 e. The molecule has 0 saturated heterocycles. The predicted octanol–water partition coefficient (Wildman–Crippen LogP) is 5.92. The van der Waals surface area contributed by atoms with Crippen LogP contribution in [0.4, 0.5) is 0 Å². The Bertz CT molecular complexity index is 933. The van der Waals surface area contributed by atoms with Gasteiger partial charge in [-0.2, -0.15) is 0 Å². The van der Waals surface area contributed by atoms with Gasteiger partial charge in [-0.1, -0.05) is 77.9 Å². The number of hydrogen-bond acceptors (Lipinski definition) is 3. The Morgan fingerprint density at radius 2 is 1.45 bits per heavy atom. The Kier molecular flexibility index (Phi) is 5.64. The third-order valence-corrected chi connectivity index (χ3v) is 5.69. The summed E-state index contributed by atoms with van der Waals surface area (Å²) < 4.78 is 0. The van der Waals surface area contributed by atoms with Crippen LogP contribution in [0.2, 0.25) is 0 Å². The molecule has 1 aromatic carbocycles. The molecule has 3 heteroatoms. The standard InChI is InChI=1S/C26H32N2O/c1-24(2,3)22-12-9-20(10-13-22)21-11-14-23(28-18-21)26(29,25(4,5)6)16-19-8-7-15-27-17-19/h7-15,17-18,29H,16H2,1-6H3. The fourth-order valence-corrected chi connectivity index (χ4v) is 3.51. The van der Waals surface area contributed by atoms with E-state index < -0.39 is 5.60 Å². The first kappa shape index (κ1) is 21.2. The minimum Gasteiger partial charge on any atom is -0.383 e. The van der Waals surface area contributed by atoms with Gasteiger partial charge in [-0.05, 0) is 39.7 Å². The topological polar surface area (TPSA) is 46.0 Å². The molecule has 3 rings (SSSR count). The molecule has 1 atom stereocenters. The van der Waals surface area contributed by atoms with E-state index in [1.54, 1.807) is 6.20 Å². The SMILES string of the molecule is CC(C)(C)c1ccc(-c2ccc(C(O)(Cc3cccnc3)C(C)(C)C)nc2)cc1. The molecule has 0 saturated carbocycles.